The first-order valence-electron chi connectivity index (χ1n) is 7.39. The zero-order chi connectivity index (χ0) is 15.1. The van der Waals surface area contributed by atoms with E-state index in [0.29, 0.717) is 24.8 Å². The molecule has 1 unspecified atom stereocenters. The molecule has 1 aliphatic heterocycles. The largest absolute Gasteiger partial charge is 0.378 e. The van der Waals surface area contributed by atoms with E-state index in [0.717, 1.165) is 37.0 Å². The summed E-state index contributed by atoms with van der Waals surface area (Å²) < 4.78 is 5.54. The van der Waals surface area contributed by atoms with Gasteiger partial charge < -0.3 is 15.8 Å². The average molecular weight is 286 g/mol. The first-order valence-corrected chi connectivity index (χ1v) is 7.39. The van der Waals surface area contributed by atoms with E-state index in [2.05, 4.69) is 17.2 Å². The van der Waals surface area contributed by atoms with Crippen molar-refractivity contribution in [2.45, 2.75) is 32.3 Å². The molecule has 112 valence electrons. The van der Waals surface area contributed by atoms with Gasteiger partial charge in [0.1, 0.15) is 0 Å². The quantitative estimate of drug-likeness (QED) is 0.826. The van der Waals surface area contributed by atoms with Crippen LogP contribution in [0.15, 0.2) is 18.2 Å². The fraction of sp³-hybridized carbons (Fsp3) is 0.471. The summed E-state index contributed by atoms with van der Waals surface area (Å²) in [6.45, 7) is 3.76. The second kappa shape index (κ2) is 7.82. The molecule has 21 heavy (non-hydrogen) atoms. The third-order valence-electron chi connectivity index (χ3n) is 3.45. The average Bonchev–Trinajstić information content (AvgIpc) is 2.97. The van der Waals surface area contributed by atoms with Crippen LogP contribution in [0.5, 0.6) is 0 Å². The van der Waals surface area contributed by atoms with Crippen LogP contribution in [0.4, 0.5) is 0 Å². The number of nitrogens with two attached hydrogens (primary N) is 1. The van der Waals surface area contributed by atoms with Crippen LogP contribution in [0.25, 0.3) is 0 Å². The molecule has 1 amide bonds. The summed E-state index contributed by atoms with van der Waals surface area (Å²) >= 11 is 0. The summed E-state index contributed by atoms with van der Waals surface area (Å²) in [7, 11) is 0. The van der Waals surface area contributed by atoms with Crippen molar-refractivity contribution in [2.24, 2.45) is 5.73 Å². The normalized spacial score (nSPS) is 17.1. The Morgan fingerprint density at radius 3 is 3.05 bits per heavy atom. The third-order valence-corrected chi connectivity index (χ3v) is 3.45. The first-order chi connectivity index (χ1) is 10.2. The Morgan fingerprint density at radius 1 is 1.48 bits per heavy atom. The molecule has 0 spiro atoms. The number of hydrogen-bond donors (Lipinski definition) is 2. The number of carbonyl (C=O) groups is 1. The van der Waals surface area contributed by atoms with Gasteiger partial charge in [0.05, 0.1) is 12.6 Å². The molecule has 0 aliphatic carbocycles. The van der Waals surface area contributed by atoms with Crippen molar-refractivity contribution in [1.29, 1.82) is 0 Å². The summed E-state index contributed by atoms with van der Waals surface area (Å²) in [5, 5.41) is 2.94. The number of rotatable bonds is 4. The van der Waals surface area contributed by atoms with Gasteiger partial charge in [-0.3, -0.25) is 4.79 Å². The molecule has 0 bridgehead atoms. The second-order valence-electron chi connectivity index (χ2n) is 5.27. The van der Waals surface area contributed by atoms with E-state index in [9.17, 15) is 4.79 Å². The Hall–Kier alpha value is -1.83. The number of ether oxygens (including phenoxy) is 1. The number of carbonyl (C=O) groups excluding carboxylic acids is 1. The van der Waals surface area contributed by atoms with Crippen LogP contribution in [0.3, 0.4) is 0 Å². The summed E-state index contributed by atoms with van der Waals surface area (Å²) in [4.78, 5) is 12.2. The van der Waals surface area contributed by atoms with Crippen LogP contribution in [-0.2, 0) is 4.74 Å². The lowest BCUT2D eigenvalue weighted by Gasteiger charge is -2.10. The maximum absolute atomic E-state index is 12.2. The molecule has 0 aromatic heterocycles. The van der Waals surface area contributed by atoms with Gasteiger partial charge in [0.15, 0.2) is 0 Å². The van der Waals surface area contributed by atoms with Gasteiger partial charge in [-0.2, -0.15) is 0 Å². The molecule has 3 N–H and O–H groups in total. The minimum Gasteiger partial charge on any atom is -0.378 e. The highest BCUT2D eigenvalue weighted by molar-refractivity contribution is 5.94. The predicted molar refractivity (Wildman–Crippen MR) is 83.0 cm³/mol. The Morgan fingerprint density at radius 2 is 2.33 bits per heavy atom. The third kappa shape index (κ3) is 4.89. The Kier molecular flexibility index (Phi) is 5.79. The van der Waals surface area contributed by atoms with Gasteiger partial charge in [-0.05, 0) is 49.9 Å². The van der Waals surface area contributed by atoms with Gasteiger partial charge in [-0.1, -0.05) is 11.8 Å². The summed E-state index contributed by atoms with van der Waals surface area (Å²) in [6.07, 6.45) is 3.39. The number of hydrogen-bond acceptors (Lipinski definition) is 3. The van der Waals surface area contributed by atoms with Gasteiger partial charge in [-0.25, -0.2) is 0 Å². The maximum atomic E-state index is 12.2. The fourth-order valence-corrected chi connectivity index (χ4v) is 2.46. The van der Waals surface area contributed by atoms with Gasteiger partial charge >= 0.3 is 0 Å². The van der Waals surface area contributed by atoms with Gasteiger partial charge in [0.25, 0.3) is 5.91 Å². The fourth-order valence-electron chi connectivity index (χ4n) is 2.46. The van der Waals surface area contributed by atoms with Crippen LogP contribution in [0.2, 0.25) is 0 Å². The van der Waals surface area contributed by atoms with E-state index in [1.54, 1.807) is 6.07 Å². The molecule has 1 fully saturated rings. The molecule has 2 rings (SSSR count). The zero-order valence-electron chi connectivity index (χ0n) is 12.4. The molecular formula is C17H22N2O2. The molecule has 1 saturated heterocycles. The molecule has 1 aliphatic rings. The highest BCUT2D eigenvalue weighted by Crippen LogP contribution is 2.14. The van der Waals surface area contributed by atoms with Crippen LogP contribution < -0.4 is 11.1 Å². The zero-order valence-corrected chi connectivity index (χ0v) is 12.4. The first kappa shape index (κ1) is 15.6. The lowest BCUT2D eigenvalue weighted by atomic mass is 10.1. The van der Waals surface area contributed by atoms with E-state index >= 15 is 0 Å². The molecule has 4 nitrogen and oxygen atoms in total. The molecular weight excluding hydrogens is 264 g/mol. The topological polar surface area (TPSA) is 64.4 Å². The van der Waals surface area contributed by atoms with Crippen molar-refractivity contribution >= 4 is 5.91 Å². The Bertz CT molecular complexity index is 552. The van der Waals surface area contributed by atoms with Crippen molar-refractivity contribution in [1.82, 2.24) is 5.32 Å². The highest BCUT2D eigenvalue weighted by atomic mass is 16.5. The molecule has 1 heterocycles. The summed E-state index contributed by atoms with van der Waals surface area (Å²) in [6, 6.07) is 5.62. The minimum atomic E-state index is -0.0625. The van der Waals surface area contributed by atoms with Crippen LogP contribution in [0.1, 0.15) is 40.7 Å². The maximum Gasteiger partial charge on any atom is 0.251 e. The number of benzene rings is 1. The highest BCUT2D eigenvalue weighted by Gasteiger charge is 2.15. The molecule has 0 radical (unpaired) electrons. The number of aryl methyl sites for hydroxylation is 1. The van der Waals surface area contributed by atoms with E-state index < -0.39 is 0 Å². The monoisotopic (exact) mass is 286 g/mol. The smallest absolute Gasteiger partial charge is 0.251 e. The lowest BCUT2D eigenvalue weighted by molar-refractivity contribution is 0.0907. The van der Waals surface area contributed by atoms with Crippen molar-refractivity contribution < 1.29 is 9.53 Å². The predicted octanol–water partition coefficient (Wildman–Crippen LogP) is 1.60. The van der Waals surface area contributed by atoms with Gasteiger partial charge in [0, 0.05) is 24.3 Å². The van der Waals surface area contributed by atoms with E-state index in [1.165, 1.54) is 0 Å². The van der Waals surface area contributed by atoms with Crippen molar-refractivity contribution in [3.63, 3.8) is 0 Å². The molecule has 4 heteroatoms. The lowest BCUT2D eigenvalue weighted by Crippen LogP contribution is -2.27. The van der Waals surface area contributed by atoms with Gasteiger partial charge in [0.2, 0.25) is 0 Å². The van der Waals surface area contributed by atoms with Gasteiger partial charge in [-0.15, -0.1) is 0 Å². The van der Waals surface area contributed by atoms with E-state index in [1.807, 2.05) is 19.1 Å². The van der Waals surface area contributed by atoms with E-state index in [-0.39, 0.29) is 5.91 Å². The minimum absolute atomic E-state index is 0.0625. The number of amides is 1. The second-order valence-corrected chi connectivity index (χ2v) is 5.27. The standard InChI is InChI=1S/C17H22N2O2/c1-13-10-14(4-2-7-18)12-15(11-13)17(20)19-8-6-16-5-3-9-21-16/h10-12,16H,3,5-9,18H2,1H3,(H,19,20). The van der Waals surface area contributed by atoms with Crippen molar-refractivity contribution in [2.75, 3.05) is 19.7 Å². The van der Waals surface area contributed by atoms with Crippen LogP contribution >= 0.6 is 0 Å². The SMILES string of the molecule is Cc1cc(C#CCN)cc(C(=O)NCCC2CCCO2)c1. The van der Waals surface area contributed by atoms with Crippen LogP contribution in [-0.4, -0.2) is 31.7 Å². The Balaban J connectivity index is 1.93. The molecule has 0 saturated carbocycles. The Labute approximate surface area is 126 Å². The van der Waals surface area contributed by atoms with Crippen LogP contribution in [0, 0.1) is 18.8 Å². The molecule has 1 aromatic carbocycles. The molecule has 1 aromatic rings. The summed E-state index contributed by atoms with van der Waals surface area (Å²) in [5.74, 6) is 5.71. The molecule has 1 atom stereocenters. The summed E-state index contributed by atoms with van der Waals surface area (Å²) in [5.41, 5.74) is 7.86. The van der Waals surface area contributed by atoms with E-state index in [4.69, 9.17) is 10.5 Å². The number of nitrogens with one attached hydrogen (secondary N) is 1. The van der Waals surface area contributed by atoms with Crippen molar-refractivity contribution in [3.05, 3.63) is 34.9 Å². The van der Waals surface area contributed by atoms with Crippen molar-refractivity contribution in [3.8, 4) is 11.8 Å².